The van der Waals surface area contributed by atoms with Crippen molar-refractivity contribution in [2.75, 3.05) is 0 Å². The Hall–Kier alpha value is 2.92. The fourth-order valence-corrected chi connectivity index (χ4v) is 0. The fraction of sp³-hybridized carbons (Fsp3) is 0. The Morgan fingerprint density at radius 2 is 0.218 bits per heavy atom. The van der Waals surface area contributed by atoms with Gasteiger partial charge in [-0.2, -0.15) is 0 Å². The molecule has 0 saturated carbocycles. The van der Waals surface area contributed by atoms with Crippen LogP contribution in [0, 0.1) is 0 Å². The van der Waals surface area contributed by atoms with Gasteiger partial charge in [0.1, 0.15) is 0 Å². The number of aliphatic imine (C=N–C) groups is 10. The smallest absolute Gasteiger partial charge is 0.409 e. The molecule has 0 aliphatic rings. The number of thiocarbonyl (C=S) groups is 10. The second kappa shape index (κ2) is 96.6. The zero-order valence-corrected chi connectivity index (χ0v) is 59.4. The van der Waals surface area contributed by atoms with Crippen LogP contribution in [0.4, 0.5) is 0 Å². The molecule has 0 aliphatic heterocycles. The van der Waals surface area contributed by atoms with Gasteiger partial charge in [-0.05, 0) is 110 Å². The maximum Gasteiger partial charge on any atom is 2.00 e. The molecule has 280 valence electrons. The summed E-state index contributed by atoms with van der Waals surface area (Å²) in [5.74, 6) is 0. The third-order valence-corrected chi connectivity index (χ3v) is 3.87. The molecule has 0 amide bonds. The predicted molar refractivity (Wildman–Crippen MR) is 295 cm³/mol. The normalized spacial score (nSPS) is 5.82. The molecule has 0 N–H and O–H groups in total. The first kappa shape index (κ1) is 102. The molecule has 0 aromatic rings. The summed E-state index contributed by atoms with van der Waals surface area (Å²) in [5, 5.41) is 0. The molecule has 0 bridgehead atoms. The van der Waals surface area contributed by atoms with E-state index in [9.17, 15) is 0 Å². The van der Waals surface area contributed by atoms with Gasteiger partial charge in [0.05, 0.1) is 0 Å². The molecule has 0 spiro atoms. The summed E-state index contributed by atoms with van der Waals surface area (Å²) in [6.07, 6.45) is 0. The summed E-state index contributed by atoms with van der Waals surface area (Å²) in [6.45, 7) is 30.6. The minimum atomic E-state index is 0. The van der Waals surface area contributed by atoms with Crippen molar-refractivity contribution in [1.29, 1.82) is 0 Å². The molecule has 55 heavy (non-hydrogen) atoms. The molecule has 0 saturated heterocycles. The summed E-state index contributed by atoms with van der Waals surface area (Å²) < 4.78 is 1.85. The van der Waals surface area contributed by atoms with E-state index in [0.29, 0.717) is 0 Å². The average Bonchev–Trinajstić information content (AvgIpc) is 3.06. The van der Waals surface area contributed by atoms with E-state index < -0.39 is 0 Å². The predicted octanol–water partition coefficient (Wildman–Crippen LogP) is 5.18. The number of nitrogens with zero attached hydrogens (tertiary/aromatic N) is 10. The monoisotopic (exact) mass is 1360 g/mol. The molecule has 0 fully saturated rings. The third-order valence-electron chi connectivity index (χ3n) is 1.29. The van der Waals surface area contributed by atoms with Crippen LogP contribution in [-0.4, -0.2) is 110 Å². The van der Waals surface area contributed by atoms with Crippen molar-refractivity contribution in [1.82, 2.24) is 0 Å². The Balaban J connectivity index is -0.0000000246. The van der Waals surface area contributed by atoms with Crippen LogP contribution in [0.2, 0.25) is 0 Å². The SMILES string of the molecule is C=NC(=S)[S-].C=NC(=S)[S-].C=NC(=S)[S-].C=NC(=S)[S-].C=NC(=S)[S-].C=NC(=S)[S-].C=NC(=S)[S-].C=NC(=S)[S-].C=NC(=S)[S-].C=NC(=S)[S-].[Zn+2].[Zn+2].[Zn+2].[Zn+2].[Zn+2]. The van der Waals surface area contributed by atoms with E-state index in [4.69, 9.17) is 0 Å². The minimum Gasteiger partial charge on any atom is -0.409 e. The van der Waals surface area contributed by atoms with Gasteiger partial charge >= 0.3 is 97.4 Å². The molecular weight excluding hydrogens is 1350 g/mol. The van der Waals surface area contributed by atoms with Crippen molar-refractivity contribution >= 4 is 359 Å². The maximum absolute atomic E-state index is 4.28. The quantitative estimate of drug-likeness (QED) is 0.137. The number of hydrogen-bond donors (Lipinski definition) is 0. The summed E-state index contributed by atoms with van der Waals surface area (Å²) in [4.78, 5) is 31.9. The summed E-state index contributed by atoms with van der Waals surface area (Å²) in [6, 6.07) is 0. The summed E-state index contributed by atoms with van der Waals surface area (Å²) >= 11 is 85.6. The third kappa shape index (κ3) is 327. The Morgan fingerprint density at radius 1 is 0.200 bits per heavy atom. The molecule has 0 aliphatic carbocycles. The van der Waals surface area contributed by atoms with Crippen LogP contribution in [-0.2, 0) is 224 Å². The first-order valence-electron chi connectivity index (χ1n) is 9.48. The molecule has 0 radical (unpaired) electrons. The Labute approximate surface area is 497 Å². The number of hydrogen-bond acceptors (Lipinski definition) is 20. The molecule has 10 nitrogen and oxygen atoms in total. The summed E-state index contributed by atoms with van der Waals surface area (Å²) in [7, 11) is 0. The van der Waals surface area contributed by atoms with Crippen molar-refractivity contribution in [2.45, 2.75) is 0 Å². The van der Waals surface area contributed by atoms with Gasteiger partial charge < -0.3 is 248 Å². The molecule has 0 aromatic carbocycles. The zero-order valence-electron chi connectivity index (χ0n) is 28.2. The first-order valence-corrected chi connectivity index (χ1v) is 17.6. The largest absolute Gasteiger partial charge is 2.00 e. The van der Waals surface area contributed by atoms with Crippen molar-refractivity contribution in [2.24, 2.45) is 49.9 Å². The van der Waals surface area contributed by atoms with Crippen LogP contribution in [0.5, 0.6) is 0 Å². The number of rotatable bonds is 0. The average molecular weight is 1370 g/mol. The van der Waals surface area contributed by atoms with Crippen molar-refractivity contribution in [3.05, 3.63) is 0 Å². The van der Waals surface area contributed by atoms with Gasteiger partial charge in [0, 0.05) is 0 Å². The molecule has 35 heteroatoms. The zero-order chi connectivity index (χ0) is 42.8. The van der Waals surface area contributed by atoms with Gasteiger partial charge in [-0.25, -0.2) is 0 Å². The Bertz CT molecular complexity index is 910. The minimum absolute atomic E-state index is 0. The van der Waals surface area contributed by atoms with E-state index in [2.05, 4.69) is 366 Å². The van der Waals surface area contributed by atoms with E-state index in [-0.39, 0.29) is 141 Å². The molecule has 0 unspecified atom stereocenters. The van der Waals surface area contributed by atoms with Gasteiger partial charge in [0.2, 0.25) is 0 Å². The van der Waals surface area contributed by atoms with E-state index >= 15 is 0 Å². The molecule has 0 heterocycles. The van der Waals surface area contributed by atoms with Crippen molar-refractivity contribution in [3.63, 3.8) is 0 Å². The Kier molecular flexibility index (Phi) is 179. The molecular formula is C20H20N10S20Zn5. The van der Waals surface area contributed by atoms with Gasteiger partial charge in [-0.15, -0.1) is 0 Å². The van der Waals surface area contributed by atoms with Gasteiger partial charge in [-0.3, -0.25) is 49.9 Å². The summed E-state index contributed by atoms with van der Waals surface area (Å²) in [5.41, 5.74) is 0. The topological polar surface area (TPSA) is 124 Å². The van der Waals surface area contributed by atoms with Crippen LogP contribution in [0.15, 0.2) is 49.9 Å². The van der Waals surface area contributed by atoms with Gasteiger partial charge in [0.25, 0.3) is 0 Å². The van der Waals surface area contributed by atoms with Crippen molar-refractivity contribution in [3.8, 4) is 0 Å². The van der Waals surface area contributed by atoms with Crippen LogP contribution in [0.1, 0.15) is 0 Å². The molecule has 0 aromatic heterocycles. The second-order valence-corrected chi connectivity index (χ2v) is 14.6. The van der Waals surface area contributed by atoms with E-state index in [1.54, 1.807) is 0 Å². The second-order valence-electron chi connectivity index (χ2n) is 4.24. The Morgan fingerprint density at radius 3 is 0.218 bits per heavy atom. The van der Waals surface area contributed by atoms with E-state index in [1.165, 1.54) is 0 Å². The van der Waals surface area contributed by atoms with Crippen LogP contribution in [0.3, 0.4) is 0 Å². The van der Waals surface area contributed by atoms with E-state index in [1.807, 2.05) is 0 Å². The fourth-order valence-electron chi connectivity index (χ4n) is 0. The molecule has 0 rings (SSSR count). The van der Waals surface area contributed by atoms with Gasteiger partial charge in [-0.1, -0.05) is 0 Å². The van der Waals surface area contributed by atoms with Gasteiger partial charge in [0.15, 0.2) is 0 Å². The molecule has 0 atom stereocenters. The standard InChI is InChI=1S/10C2H3NS2.5Zn/c10*1-3-2(4)5;;;;;/h10*1H2,(H,4,5);;;;;/q;;;;;;;;;;5*+2/p-10. The van der Waals surface area contributed by atoms with E-state index in [0.717, 1.165) is 0 Å². The van der Waals surface area contributed by atoms with Crippen LogP contribution >= 0.6 is 122 Å². The van der Waals surface area contributed by atoms with Crippen LogP contribution in [0.25, 0.3) is 0 Å². The maximum atomic E-state index is 4.28. The van der Waals surface area contributed by atoms with Crippen molar-refractivity contribution < 1.29 is 97.4 Å². The first-order chi connectivity index (χ1) is 22.7. The van der Waals surface area contributed by atoms with Crippen LogP contribution < -0.4 is 0 Å².